The Morgan fingerprint density at radius 1 is 1.25 bits per heavy atom. The number of hydrogen-bond donors (Lipinski definition) is 4. The van der Waals surface area contributed by atoms with Crippen molar-refractivity contribution in [2.75, 3.05) is 0 Å². The first kappa shape index (κ1) is 16.1. The Morgan fingerprint density at radius 2 is 1.90 bits per heavy atom. The number of benzene rings is 1. The molecule has 1 rings (SSSR count). The largest absolute Gasteiger partial charge is 0.391 e. The van der Waals surface area contributed by atoms with E-state index in [1.165, 1.54) is 12.4 Å². The number of carbonyl (C=O) groups is 2. The van der Waals surface area contributed by atoms with Crippen LogP contribution in [0.5, 0.6) is 0 Å². The maximum atomic E-state index is 11.7. The molecule has 2 amide bonds. The minimum atomic E-state index is -1.15. The van der Waals surface area contributed by atoms with Gasteiger partial charge < -0.3 is 10.4 Å². The summed E-state index contributed by atoms with van der Waals surface area (Å²) in [6, 6.07) is 8.61. The molecule has 1 aromatic rings. The SMILES string of the molecule is C[C@@H](O)[C@H](NC(=O)CCCc1ccccc1)C(=O)NO. The Kier molecular flexibility index (Phi) is 6.69. The van der Waals surface area contributed by atoms with Gasteiger partial charge in [-0.15, -0.1) is 0 Å². The molecule has 0 bridgehead atoms. The van der Waals surface area contributed by atoms with Crippen molar-refractivity contribution in [3.05, 3.63) is 35.9 Å². The van der Waals surface area contributed by atoms with Gasteiger partial charge in [0.15, 0.2) is 0 Å². The number of hydroxylamine groups is 1. The summed E-state index contributed by atoms with van der Waals surface area (Å²) in [7, 11) is 0. The van der Waals surface area contributed by atoms with Crippen molar-refractivity contribution in [2.24, 2.45) is 0 Å². The highest BCUT2D eigenvalue weighted by Crippen LogP contribution is 2.05. The van der Waals surface area contributed by atoms with Crippen molar-refractivity contribution >= 4 is 11.8 Å². The van der Waals surface area contributed by atoms with Crippen LogP contribution in [0.3, 0.4) is 0 Å². The molecular formula is C14H20N2O4. The lowest BCUT2D eigenvalue weighted by Crippen LogP contribution is -2.51. The van der Waals surface area contributed by atoms with E-state index in [2.05, 4.69) is 5.32 Å². The summed E-state index contributed by atoms with van der Waals surface area (Å²) < 4.78 is 0. The Hall–Kier alpha value is -1.92. The molecule has 110 valence electrons. The lowest BCUT2D eigenvalue weighted by atomic mass is 10.1. The second-order valence-corrected chi connectivity index (χ2v) is 4.60. The molecule has 0 aliphatic carbocycles. The van der Waals surface area contributed by atoms with Gasteiger partial charge in [0.25, 0.3) is 5.91 Å². The predicted octanol–water partition coefficient (Wildman–Crippen LogP) is 0.380. The van der Waals surface area contributed by atoms with Gasteiger partial charge in [0.05, 0.1) is 6.10 Å². The second kappa shape index (κ2) is 8.29. The van der Waals surface area contributed by atoms with E-state index in [1.807, 2.05) is 30.3 Å². The van der Waals surface area contributed by atoms with Gasteiger partial charge in [0, 0.05) is 6.42 Å². The van der Waals surface area contributed by atoms with Crippen LogP contribution in [0.25, 0.3) is 0 Å². The maximum Gasteiger partial charge on any atom is 0.268 e. The van der Waals surface area contributed by atoms with Crippen LogP contribution in [0, 0.1) is 0 Å². The minimum absolute atomic E-state index is 0.247. The van der Waals surface area contributed by atoms with Crippen molar-refractivity contribution < 1.29 is 19.9 Å². The molecule has 0 saturated heterocycles. The second-order valence-electron chi connectivity index (χ2n) is 4.60. The van der Waals surface area contributed by atoms with Crippen LogP contribution < -0.4 is 10.8 Å². The Balaban J connectivity index is 2.37. The molecule has 0 aromatic heterocycles. The highest BCUT2D eigenvalue weighted by Gasteiger charge is 2.24. The highest BCUT2D eigenvalue weighted by molar-refractivity contribution is 5.87. The van der Waals surface area contributed by atoms with Crippen LogP contribution in [-0.4, -0.2) is 34.3 Å². The average Bonchev–Trinajstić information content (AvgIpc) is 2.45. The molecule has 0 radical (unpaired) electrons. The molecule has 2 atom stereocenters. The lowest BCUT2D eigenvalue weighted by Gasteiger charge is -2.19. The maximum absolute atomic E-state index is 11.7. The van der Waals surface area contributed by atoms with E-state index in [1.54, 1.807) is 0 Å². The van der Waals surface area contributed by atoms with Crippen LogP contribution in [0.2, 0.25) is 0 Å². The van der Waals surface area contributed by atoms with Crippen LogP contribution in [0.15, 0.2) is 30.3 Å². The molecule has 0 aliphatic rings. The standard InChI is InChI=1S/C14H20N2O4/c1-10(17)13(14(19)16-20)15-12(18)9-5-8-11-6-3-2-4-7-11/h2-4,6-7,10,13,17,20H,5,8-9H2,1H3,(H,15,18)(H,16,19)/t10-,13+/m1/s1. The van der Waals surface area contributed by atoms with E-state index in [0.29, 0.717) is 6.42 Å². The predicted molar refractivity (Wildman–Crippen MR) is 72.9 cm³/mol. The summed E-state index contributed by atoms with van der Waals surface area (Å²) in [4.78, 5) is 22.9. The fourth-order valence-electron chi connectivity index (χ4n) is 1.82. The molecular weight excluding hydrogens is 260 g/mol. The van der Waals surface area contributed by atoms with E-state index < -0.39 is 18.1 Å². The van der Waals surface area contributed by atoms with Crippen LogP contribution in [0.1, 0.15) is 25.3 Å². The van der Waals surface area contributed by atoms with Gasteiger partial charge in [0.1, 0.15) is 6.04 Å². The van der Waals surface area contributed by atoms with Gasteiger partial charge >= 0.3 is 0 Å². The first-order valence-corrected chi connectivity index (χ1v) is 6.50. The zero-order chi connectivity index (χ0) is 15.0. The van der Waals surface area contributed by atoms with Gasteiger partial charge in [-0.3, -0.25) is 14.8 Å². The monoisotopic (exact) mass is 280 g/mol. The fourth-order valence-corrected chi connectivity index (χ4v) is 1.82. The molecule has 0 spiro atoms. The summed E-state index contributed by atoms with van der Waals surface area (Å²) in [6.45, 7) is 1.37. The normalized spacial score (nSPS) is 13.3. The Bertz CT molecular complexity index is 434. The summed E-state index contributed by atoms with van der Waals surface area (Å²) in [5, 5.41) is 20.3. The van der Waals surface area contributed by atoms with E-state index in [-0.39, 0.29) is 12.3 Å². The zero-order valence-corrected chi connectivity index (χ0v) is 11.4. The van der Waals surface area contributed by atoms with Crippen LogP contribution in [-0.2, 0) is 16.0 Å². The fraction of sp³-hybridized carbons (Fsp3) is 0.429. The van der Waals surface area contributed by atoms with Gasteiger partial charge in [-0.2, -0.15) is 0 Å². The summed E-state index contributed by atoms with van der Waals surface area (Å²) >= 11 is 0. The molecule has 0 fully saturated rings. The third-order valence-electron chi connectivity index (χ3n) is 2.90. The Morgan fingerprint density at radius 3 is 2.45 bits per heavy atom. The molecule has 20 heavy (non-hydrogen) atoms. The molecule has 6 nitrogen and oxygen atoms in total. The molecule has 0 aliphatic heterocycles. The molecule has 0 unspecified atom stereocenters. The number of nitrogens with one attached hydrogen (secondary N) is 2. The van der Waals surface area contributed by atoms with Crippen molar-refractivity contribution in [2.45, 2.75) is 38.3 Å². The quantitative estimate of drug-likeness (QED) is 0.428. The minimum Gasteiger partial charge on any atom is -0.391 e. The van der Waals surface area contributed by atoms with E-state index in [4.69, 9.17) is 5.21 Å². The summed E-state index contributed by atoms with van der Waals surface area (Å²) in [5.41, 5.74) is 2.56. The van der Waals surface area contributed by atoms with Crippen LogP contribution >= 0.6 is 0 Å². The first-order valence-electron chi connectivity index (χ1n) is 6.50. The van der Waals surface area contributed by atoms with E-state index >= 15 is 0 Å². The number of aliphatic hydroxyl groups excluding tert-OH is 1. The number of carbonyl (C=O) groups excluding carboxylic acids is 2. The van der Waals surface area contributed by atoms with Crippen LogP contribution in [0.4, 0.5) is 0 Å². The van der Waals surface area contributed by atoms with Gasteiger partial charge in [-0.25, -0.2) is 5.48 Å². The third-order valence-corrected chi connectivity index (χ3v) is 2.90. The van der Waals surface area contributed by atoms with E-state index in [9.17, 15) is 14.7 Å². The van der Waals surface area contributed by atoms with Gasteiger partial charge in [-0.05, 0) is 25.3 Å². The van der Waals surface area contributed by atoms with Gasteiger partial charge in [0.2, 0.25) is 5.91 Å². The third kappa shape index (κ3) is 5.38. The Labute approximate surface area is 117 Å². The molecule has 0 saturated carbocycles. The zero-order valence-electron chi connectivity index (χ0n) is 11.4. The van der Waals surface area contributed by atoms with Gasteiger partial charge in [-0.1, -0.05) is 30.3 Å². The summed E-state index contributed by atoms with van der Waals surface area (Å²) in [5.74, 6) is -1.17. The van der Waals surface area contributed by atoms with Crippen molar-refractivity contribution in [3.8, 4) is 0 Å². The van der Waals surface area contributed by atoms with Crippen molar-refractivity contribution in [1.29, 1.82) is 0 Å². The first-order chi connectivity index (χ1) is 9.54. The number of amides is 2. The molecule has 4 N–H and O–H groups in total. The highest BCUT2D eigenvalue weighted by atomic mass is 16.5. The average molecular weight is 280 g/mol. The van der Waals surface area contributed by atoms with Crippen molar-refractivity contribution in [1.82, 2.24) is 10.8 Å². The number of aryl methyl sites for hydroxylation is 1. The number of rotatable bonds is 7. The lowest BCUT2D eigenvalue weighted by molar-refractivity contribution is -0.137. The molecule has 6 heteroatoms. The van der Waals surface area contributed by atoms with Crippen molar-refractivity contribution in [3.63, 3.8) is 0 Å². The summed E-state index contributed by atoms with van der Waals surface area (Å²) in [6.07, 6.45) is 0.569. The number of hydrogen-bond acceptors (Lipinski definition) is 4. The topological polar surface area (TPSA) is 98.7 Å². The molecule has 0 heterocycles. The van der Waals surface area contributed by atoms with E-state index in [0.717, 1.165) is 12.0 Å². The number of aliphatic hydroxyl groups is 1. The molecule has 1 aromatic carbocycles. The smallest absolute Gasteiger partial charge is 0.268 e.